The molecular weight excluding hydrogens is 422 g/mol. The van der Waals surface area contributed by atoms with E-state index in [0.717, 1.165) is 25.3 Å². The Kier molecular flexibility index (Phi) is 10.3. The van der Waals surface area contributed by atoms with Crippen molar-refractivity contribution in [2.24, 2.45) is 0 Å². The zero-order valence-electron chi connectivity index (χ0n) is 19.0. The van der Waals surface area contributed by atoms with Crippen molar-refractivity contribution in [2.75, 3.05) is 32.0 Å². The van der Waals surface area contributed by atoms with E-state index < -0.39 is 11.9 Å². The van der Waals surface area contributed by atoms with E-state index in [-0.39, 0.29) is 5.91 Å². The molecule has 1 aliphatic heterocycles. The highest BCUT2D eigenvalue weighted by Crippen LogP contribution is 2.36. The van der Waals surface area contributed by atoms with Crippen molar-refractivity contribution < 1.29 is 24.6 Å². The summed E-state index contributed by atoms with van der Waals surface area (Å²) in [4.78, 5) is 33.7. The number of anilines is 1. The predicted octanol–water partition coefficient (Wildman–Crippen LogP) is 2.91. The fourth-order valence-electron chi connectivity index (χ4n) is 3.67. The number of fused-ring (bicyclic) bond motifs is 1. The SMILES string of the molecule is CCNCCC(=O)Nc1cccc2c1CN(C)CC2c1ccccc1.O=C(O)/C=C\C(=O)O. The normalized spacial score (nSPS) is 15.3. The van der Waals surface area contributed by atoms with Gasteiger partial charge >= 0.3 is 11.9 Å². The molecule has 0 spiro atoms. The van der Waals surface area contributed by atoms with E-state index in [1.54, 1.807) is 0 Å². The predicted molar refractivity (Wildman–Crippen MR) is 127 cm³/mol. The van der Waals surface area contributed by atoms with Crippen molar-refractivity contribution in [1.82, 2.24) is 10.2 Å². The van der Waals surface area contributed by atoms with Gasteiger partial charge in [-0.1, -0.05) is 49.4 Å². The molecule has 33 heavy (non-hydrogen) atoms. The molecule has 3 rings (SSSR count). The molecule has 176 valence electrons. The van der Waals surface area contributed by atoms with Gasteiger partial charge in [-0.15, -0.1) is 0 Å². The summed E-state index contributed by atoms with van der Waals surface area (Å²) in [6, 6.07) is 16.9. The quantitative estimate of drug-likeness (QED) is 0.358. The van der Waals surface area contributed by atoms with Crippen LogP contribution < -0.4 is 10.6 Å². The maximum Gasteiger partial charge on any atom is 0.328 e. The third-order valence-corrected chi connectivity index (χ3v) is 5.13. The first-order valence-electron chi connectivity index (χ1n) is 10.8. The molecule has 1 aliphatic rings. The Hall–Kier alpha value is -3.49. The van der Waals surface area contributed by atoms with Gasteiger partial charge in [-0.25, -0.2) is 9.59 Å². The lowest BCUT2D eigenvalue weighted by molar-refractivity contribution is -0.134. The molecule has 0 aromatic heterocycles. The number of hydrogen-bond acceptors (Lipinski definition) is 5. The van der Waals surface area contributed by atoms with Gasteiger partial charge < -0.3 is 25.7 Å². The molecule has 1 amide bonds. The summed E-state index contributed by atoms with van der Waals surface area (Å²) in [5.41, 5.74) is 4.84. The minimum Gasteiger partial charge on any atom is -0.478 e. The van der Waals surface area contributed by atoms with Gasteiger partial charge in [0.05, 0.1) is 0 Å². The van der Waals surface area contributed by atoms with Crippen LogP contribution in [0.15, 0.2) is 60.7 Å². The molecule has 4 N–H and O–H groups in total. The van der Waals surface area contributed by atoms with Gasteiger partial charge in [-0.2, -0.15) is 0 Å². The summed E-state index contributed by atoms with van der Waals surface area (Å²) in [6.07, 6.45) is 1.61. The number of carbonyl (C=O) groups is 3. The number of aliphatic carboxylic acids is 2. The molecule has 1 atom stereocenters. The first kappa shape index (κ1) is 25.8. The highest BCUT2D eigenvalue weighted by atomic mass is 16.4. The van der Waals surface area contributed by atoms with E-state index in [2.05, 4.69) is 65.0 Å². The molecule has 0 saturated carbocycles. The van der Waals surface area contributed by atoms with Crippen LogP contribution in [0.25, 0.3) is 0 Å². The van der Waals surface area contributed by atoms with Crippen LogP contribution in [0.2, 0.25) is 0 Å². The van der Waals surface area contributed by atoms with Crippen molar-refractivity contribution >= 4 is 23.5 Å². The summed E-state index contributed by atoms with van der Waals surface area (Å²) in [5, 5.41) is 21.9. The fourth-order valence-corrected chi connectivity index (χ4v) is 3.67. The van der Waals surface area contributed by atoms with E-state index >= 15 is 0 Å². The second-order valence-corrected chi connectivity index (χ2v) is 7.69. The smallest absolute Gasteiger partial charge is 0.328 e. The molecule has 0 radical (unpaired) electrons. The number of amides is 1. The molecular formula is C25H31N3O5. The van der Waals surface area contributed by atoms with Crippen molar-refractivity contribution in [3.63, 3.8) is 0 Å². The number of benzene rings is 2. The standard InChI is InChI=1S/C21H27N3O.C4H4O4/c1-3-22-13-12-21(25)23-20-11-7-10-17-18(14-24(2)15-19(17)20)16-8-5-4-6-9-16;5-3(6)1-2-4(7)8/h4-11,18,22H,3,12-15H2,1-2H3,(H,23,25);1-2H,(H,5,6)(H,7,8)/b;2-1-. The van der Waals surface area contributed by atoms with Gasteiger partial charge in [-0.3, -0.25) is 4.79 Å². The first-order valence-corrected chi connectivity index (χ1v) is 10.8. The molecule has 0 saturated heterocycles. The molecule has 8 nitrogen and oxygen atoms in total. The van der Waals surface area contributed by atoms with Crippen LogP contribution >= 0.6 is 0 Å². The van der Waals surface area contributed by atoms with Gasteiger partial charge in [0.15, 0.2) is 0 Å². The van der Waals surface area contributed by atoms with Gasteiger partial charge in [-0.05, 0) is 36.3 Å². The monoisotopic (exact) mass is 453 g/mol. The summed E-state index contributed by atoms with van der Waals surface area (Å²) in [7, 11) is 2.14. The van der Waals surface area contributed by atoms with Gasteiger partial charge in [0.2, 0.25) is 5.91 Å². The lowest BCUT2D eigenvalue weighted by atomic mass is 9.84. The van der Waals surface area contributed by atoms with Crippen molar-refractivity contribution in [2.45, 2.75) is 25.8 Å². The highest BCUT2D eigenvalue weighted by Gasteiger charge is 2.26. The van der Waals surface area contributed by atoms with Gasteiger partial charge in [0.1, 0.15) is 0 Å². The Bertz CT molecular complexity index is 959. The average molecular weight is 454 g/mol. The number of carboxylic acid groups (broad SMARTS) is 2. The van der Waals surface area contributed by atoms with E-state index in [0.29, 0.717) is 31.0 Å². The summed E-state index contributed by atoms with van der Waals surface area (Å²) in [5.74, 6) is -2.10. The minimum atomic E-state index is -1.26. The molecule has 0 aliphatic carbocycles. The number of rotatable bonds is 8. The van der Waals surface area contributed by atoms with E-state index in [1.165, 1.54) is 16.7 Å². The Balaban J connectivity index is 0.000000414. The molecule has 0 bridgehead atoms. The Morgan fingerprint density at radius 3 is 2.30 bits per heavy atom. The lowest BCUT2D eigenvalue weighted by Crippen LogP contribution is -2.32. The van der Waals surface area contributed by atoms with Crippen LogP contribution in [0, 0.1) is 0 Å². The molecule has 8 heteroatoms. The second-order valence-electron chi connectivity index (χ2n) is 7.69. The zero-order valence-corrected chi connectivity index (χ0v) is 19.0. The Morgan fingerprint density at radius 2 is 1.70 bits per heavy atom. The number of nitrogens with one attached hydrogen (secondary N) is 2. The number of likely N-dealkylation sites (N-methyl/N-ethyl adjacent to an activating group) is 1. The molecule has 1 heterocycles. The maximum atomic E-state index is 12.2. The van der Waals surface area contributed by atoms with Gasteiger partial charge in [0, 0.05) is 49.8 Å². The van der Waals surface area contributed by atoms with Gasteiger partial charge in [0.25, 0.3) is 0 Å². The number of hydrogen-bond donors (Lipinski definition) is 4. The average Bonchev–Trinajstić information content (AvgIpc) is 2.79. The number of nitrogens with zero attached hydrogens (tertiary/aromatic N) is 1. The van der Waals surface area contributed by atoms with Crippen LogP contribution in [0.3, 0.4) is 0 Å². The molecule has 1 unspecified atom stereocenters. The largest absolute Gasteiger partial charge is 0.478 e. The third-order valence-electron chi connectivity index (χ3n) is 5.13. The number of carboxylic acids is 2. The Morgan fingerprint density at radius 1 is 1.03 bits per heavy atom. The minimum absolute atomic E-state index is 0.0684. The van der Waals surface area contributed by atoms with Crippen LogP contribution in [0.4, 0.5) is 5.69 Å². The Labute approximate surface area is 193 Å². The summed E-state index contributed by atoms with van der Waals surface area (Å²) >= 11 is 0. The van der Waals surface area contributed by atoms with E-state index in [4.69, 9.17) is 10.2 Å². The van der Waals surface area contributed by atoms with Crippen LogP contribution in [0.1, 0.15) is 36.0 Å². The summed E-state index contributed by atoms with van der Waals surface area (Å²) < 4.78 is 0. The second kappa shape index (κ2) is 13.1. The highest BCUT2D eigenvalue weighted by molar-refractivity contribution is 5.92. The number of carbonyl (C=O) groups excluding carboxylic acids is 1. The molecule has 2 aromatic carbocycles. The van der Waals surface area contributed by atoms with Crippen LogP contribution in [-0.2, 0) is 20.9 Å². The van der Waals surface area contributed by atoms with Crippen molar-refractivity contribution in [1.29, 1.82) is 0 Å². The summed E-state index contributed by atoms with van der Waals surface area (Å²) in [6.45, 7) is 5.50. The zero-order chi connectivity index (χ0) is 24.2. The maximum absolute atomic E-state index is 12.2. The molecule has 0 fully saturated rings. The molecule has 2 aromatic rings. The topological polar surface area (TPSA) is 119 Å². The van der Waals surface area contributed by atoms with Crippen LogP contribution in [0.5, 0.6) is 0 Å². The van der Waals surface area contributed by atoms with Crippen LogP contribution in [-0.4, -0.2) is 59.6 Å². The van der Waals surface area contributed by atoms with E-state index in [9.17, 15) is 14.4 Å². The van der Waals surface area contributed by atoms with Crippen molar-refractivity contribution in [3.8, 4) is 0 Å². The fraction of sp³-hybridized carbons (Fsp3) is 0.320. The lowest BCUT2D eigenvalue weighted by Gasteiger charge is -2.34. The van der Waals surface area contributed by atoms with E-state index in [1.807, 2.05) is 13.0 Å². The third kappa shape index (κ3) is 8.51. The van der Waals surface area contributed by atoms with Crippen molar-refractivity contribution in [3.05, 3.63) is 77.4 Å². The first-order chi connectivity index (χ1) is 15.8.